The summed E-state index contributed by atoms with van der Waals surface area (Å²) in [6.07, 6.45) is -0.808. The van der Waals surface area contributed by atoms with Crippen molar-refractivity contribution < 1.29 is 19.0 Å². The highest BCUT2D eigenvalue weighted by Crippen LogP contribution is 2.28. The first kappa shape index (κ1) is 17.0. The van der Waals surface area contributed by atoms with Crippen LogP contribution in [0.15, 0.2) is 24.3 Å². The molecule has 1 N–H and O–H groups in total. The summed E-state index contributed by atoms with van der Waals surface area (Å²) in [6, 6.07) is 7.76. The van der Waals surface area contributed by atoms with Gasteiger partial charge in [0.1, 0.15) is 0 Å². The molecule has 2 aromatic rings. The van der Waals surface area contributed by atoms with Crippen LogP contribution in [0.3, 0.4) is 0 Å². The van der Waals surface area contributed by atoms with Crippen LogP contribution in [0, 0.1) is 0 Å². The number of hydrogen-bond donors (Lipinski definition) is 1. The van der Waals surface area contributed by atoms with Crippen molar-refractivity contribution in [1.29, 1.82) is 0 Å². The fourth-order valence-corrected chi connectivity index (χ4v) is 3.22. The molecule has 0 aliphatic carbocycles. The quantitative estimate of drug-likeness (QED) is 0.802. The summed E-state index contributed by atoms with van der Waals surface area (Å²) >= 11 is 0. The number of ether oxygens (including phenoxy) is 3. The maximum atomic E-state index is 11.3. The summed E-state index contributed by atoms with van der Waals surface area (Å²) in [5.74, 6) is 0.808. The molecule has 0 saturated carbocycles. The van der Waals surface area contributed by atoms with Crippen molar-refractivity contribution in [2.24, 2.45) is 0 Å². The first-order chi connectivity index (χ1) is 12.7. The van der Waals surface area contributed by atoms with Gasteiger partial charge in [0.15, 0.2) is 12.2 Å². The van der Waals surface area contributed by atoms with Crippen LogP contribution in [0.5, 0.6) is 5.88 Å². The average molecular weight is 358 g/mol. The van der Waals surface area contributed by atoms with Crippen LogP contribution in [-0.4, -0.2) is 67.5 Å². The third-order valence-electron chi connectivity index (χ3n) is 4.52. The lowest BCUT2D eigenvalue weighted by Gasteiger charge is -2.28. The van der Waals surface area contributed by atoms with Crippen LogP contribution < -0.4 is 15.0 Å². The van der Waals surface area contributed by atoms with Gasteiger partial charge in [-0.1, -0.05) is 12.1 Å². The van der Waals surface area contributed by atoms with E-state index in [2.05, 4.69) is 15.2 Å². The summed E-state index contributed by atoms with van der Waals surface area (Å²) in [6.45, 7) is 5.57. The van der Waals surface area contributed by atoms with Gasteiger partial charge in [-0.15, -0.1) is 0 Å². The normalized spacial score (nSPS) is 23.2. The Hall–Kier alpha value is -2.45. The van der Waals surface area contributed by atoms with E-state index in [1.165, 1.54) is 6.92 Å². The number of fused-ring (bicyclic) bond motifs is 1. The van der Waals surface area contributed by atoms with Crippen molar-refractivity contribution in [3.05, 3.63) is 24.3 Å². The second-order valence-electron chi connectivity index (χ2n) is 6.42. The van der Waals surface area contributed by atoms with Gasteiger partial charge in [-0.05, 0) is 12.1 Å². The van der Waals surface area contributed by atoms with Crippen LogP contribution in [0.4, 0.5) is 5.95 Å². The zero-order valence-electron chi connectivity index (χ0n) is 14.7. The summed E-state index contributed by atoms with van der Waals surface area (Å²) < 4.78 is 16.9. The number of piperazine rings is 1. The summed E-state index contributed by atoms with van der Waals surface area (Å²) in [5, 5.41) is 4.16. The minimum atomic E-state index is -0.427. The Balaban J connectivity index is 1.65. The van der Waals surface area contributed by atoms with Crippen LogP contribution in [-0.2, 0) is 14.3 Å². The van der Waals surface area contributed by atoms with Crippen molar-refractivity contribution in [3.8, 4) is 5.88 Å². The number of carbonyl (C=O) groups excluding carboxylic acids is 1. The molecule has 2 atom stereocenters. The third kappa shape index (κ3) is 3.56. The van der Waals surface area contributed by atoms with E-state index >= 15 is 0 Å². The largest absolute Gasteiger partial charge is 0.467 e. The van der Waals surface area contributed by atoms with Gasteiger partial charge in [-0.3, -0.25) is 4.79 Å². The van der Waals surface area contributed by atoms with Crippen molar-refractivity contribution in [2.75, 3.05) is 44.3 Å². The lowest BCUT2D eigenvalue weighted by atomic mass is 10.2. The fourth-order valence-electron chi connectivity index (χ4n) is 3.22. The molecule has 8 heteroatoms. The number of benzene rings is 1. The SMILES string of the molecule is CC(=O)OC1COCC1Oc1nc(N2CCNCC2)nc2ccccc12. The maximum Gasteiger partial charge on any atom is 0.303 e. The Labute approximate surface area is 151 Å². The van der Waals surface area contributed by atoms with Crippen LogP contribution in [0.25, 0.3) is 10.9 Å². The van der Waals surface area contributed by atoms with E-state index in [-0.39, 0.29) is 12.1 Å². The van der Waals surface area contributed by atoms with E-state index in [4.69, 9.17) is 19.2 Å². The highest BCUT2D eigenvalue weighted by molar-refractivity contribution is 5.84. The van der Waals surface area contributed by atoms with Crippen molar-refractivity contribution in [3.63, 3.8) is 0 Å². The lowest BCUT2D eigenvalue weighted by molar-refractivity contribution is -0.149. The molecule has 2 aliphatic heterocycles. The number of nitrogens with one attached hydrogen (secondary N) is 1. The molecule has 1 aromatic carbocycles. The number of para-hydroxylation sites is 1. The molecule has 1 aromatic heterocycles. The zero-order valence-corrected chi connectivity index (χ0v) is 14.7. The van der Waals surface area contributed by atoms with E-state index < -0.39 is 6.10 Å². The van der Waals surface area contributed by atoms with Gasteiger partial charge in [-0.25, -0.2) is 4.98 Å². The molecule has 0 amide bonds. The van der Waals surface area contributed by atoms with Crippen LogP contribution >= 0.6 is 0 Å². The third-order valence-corrected chi connectivity index (χ3v) is 4.52. The van der Waals surface area contributed by atoms with Gasteiger partial charge < -0.3 is 24.4 Å². The Kier molecular flexibility index (Phi) is 4.85. The van der Waals surface area contributed by atoms with Crippen molar-refractivity contribution >= 4 is 22.8 Å². The second-order valence-corrected chi connectivity index (χ2v) is 6.42. The first-order valence-corrected chi connectivity index (χ1v) is 8.85. The van der Waals surface area contributed by atoms with Gasteiger partial charge in [0.2, 0.25) is 11.8 Å². The monoisotopic (exact) mass is 358 g/mol. The van der Waals surface area contributed by atoms with E-state index in [0.29, 0.717) is 25.0 Å². The molecule has 2 fully saturated rings. The Morgan fingerprint density at radius 3 is 2.77 bits per heavy atom. The number of aromatic nitrogens is 2. The molecule has 0 radical (unpaired) electrons. The standard InChI is InChI=1S/C18H22N4O4/c1-12(23)25-15-10-24-11-16(15)26-17-13-4-2-3-5-14(13)20-18(21-17)22-8-6-19-7-9-22/h2-5,15-16,19H,6-11H2,1H3. The first-order valence-electron chi connectivity index (χ1n) is 8.85. The van der Waals surface area contributed by atoms with Gasteiger partial charge in [0, 0.05) is 33.1 Å². The molecule has 2 aliphatic rings. The minimum Gasteiger partial charge on any atom is -0.467 e. The minimum absolute atomic E-state index is 0.331. The Morgan fingerprint density at radius 1 is 1.19 bits per heavy atom. The molecule has 3 heterocycles. The molecule has 4 rings (SSSR count). The molecule has 2 unspecified atom stereocenters. The highest BCUT2D eigenvalue weighted by atomic mass is 16.6. The molecule has 0 spiro atoms. The van der Waals surface area contributed by atoms with Gasteiger partial charge in [0.05, 0.1) is 24.1 Å². The highest BCUT2D eigenvalue weighted by Gasteiger charge is 2.33. The molecule has 8 nitrogen and oxygen atoms in total. The van der Waals surface area contributed by atoms with E-state index in [0.717, 1.165) is 37.1 Å². The second kappa shape index (κ2) is 7.43. The van der Waals surface area contributed by atoms with E-state index in [1.54, 1.807) is 0 Å². The number of nitrogens with zero attached hydrogens (tertiary/aromatic N) is 3. The van der Waals surface area contributed by atoms with Crippen LogP contribution in [0.1, 0.15) is 6.92 Å². The number of anilines is 1. The summed E-state index contributed by atoms with van der Waals surface area (Å²) in [5.41, 5.74) is 0.828. The van der Waals surface area contributed by atoms with Gasteiger partial charge >= 0.3 is 5.97 Å². The summed E-state index contributed by atoms with van der Waals surface area (Å²) in [7, 11) is 0. The predicted octanol–water partition coefficient (Wildman–Crippen LogP) is 0.749. The van der Waals surface area contributed by atoms with Crippen molar-refractivity contribution in [1.82, 2.24) is 15.3 Å². The molecule has 0 bridgehead atoms. The van der Waals surface area contributed by atoms with Crippen LogP contribution in [0.2, 0.25) is 0 Å². The smallest absolute Gasteiger partial charge is 0.303 e. The number of hydrogen-bond acceptors (Lipinski definition) is 8. The van der Waals surface area contributed by atoms with Gasteiger partial charge in [0.25, 0.3) is 0 Å². The average Bonchev–Trinajstić information content (AvgIpc) is 3.08. The van der Waals surface area contributed by atoms with E-state index in [9.17, 15) is 4.79 Å². The molecule has 26 heavy (non-hydrogen) atoms. The fraction of sp³-hybridized carbons (Fsp3) is 0.500. The number of carbonyl (C=O) groups is 1. The molecule has 138 valence electrons. The maximum absolute atomic E-state index is 11.3. The van der Waals surface area contributed by atoms with E-state index in [1.807, 2.05) is 24.3 Å². The number of esters is 1. The molecular formula is C18H22N4O4. The topological polar surface area (TPSA) is 85.8 Å². The Morgan fingerprint density at radius 2 is 1.96 bits per heavy atom. The van der Waals surface area contributed by atoms with Gasteiger partial charge in [-0.2, -0.15) is 4.98 Å². The molecular weight excluding hydrogens is 336 g/mol. The van der Waals surface area contributed by atoms with Crippen molar-refractivity contribution in [2.45, 2.75) is 19.1 Å². The Bertz CT molecular complexity index is 794. The predicted molar refractivity (Wildman–Crippen MR) is 95.4 cm³/mol. The summed E-state index contributed by atoms with van der Waals surface area (Å²) in [4.78, 5) is 22.8. The zero-order chi connectivity index (χ0) is 17.9. The lowest BCUT2D eigenvalue weighted by Crippen LogP contribution is -2.44. The number of rotatable bonds is 4. The molecule has 2 saturated heterocycles.